The molecule has 0 aliphatic carbocycles. The molecule has 0 fully saturated rings. The fourth-order valence-corrected chi connectivity index (χ4v) is 2.14. The lowest BCUT2D eigenvalue weighted by Gasteiger charge is -2.12. The Bertz CT molecular complexity index is 418. The van der Waals surface area contributed by atoms with Gasteiger partial charge in [0.15, 0.2) is 0 Å². The van der Waals surface area contributed by atoms with Gasteiger partial charge < -0.3 is 4.57 Å². The summed E-state index contributed by atoms with van der Waals surface area (Å²) in [6.07, 6.45) is 2.21. The van der Waals surface area contributed by atoms with Crippen molar-refractivity contribution in [2.45, 2.75) is 33.2 Å². The monoisotopic (exact) mass is 213 g/mol. The van der Waals surface area contributed by atoms with Crippen LogP contribution < -0.4 is 0 Å². The van der Waals surface area contributed by atoms with Gasteiger partial charge in [0.1, 0.15) is 0 Å². The van der Waals surface area contributed by atoms with Crippen molar-refractivity contribution >= 4 is 0 Å². The molecule has 2 rings (SSSR count). The molecule has 1 aromatic heterocycles. The van der Waals surface area contributed by atoms with Crippen LogP contribution in [-0.4, -0.2) is 4.57 Å². The van der Waals surface area contributed by atoms with Crippen molar-refractivity contribution in [2.24, 2.45) is 0 Å². The van der Waals surface area contributed by atoms with E-state index in [1.807, 2.05) is 0 Å². The molecular weight excluding hydrogens is 194 g/mol. The van der Waals surface area contributed by atoms with Gasteiger partial charge >= 0.3 is 0 Å². The number of benzene rings is 1. The molecule has 0 atom stereocenters. The minimum absolute atomic E-state index is 1.00. The average Bonchev–Trinajstić information content (AvgIpc) is 2.72. The maximum Gasteiger partial charge on any atom is 0.0475 e. The molecule has 1 heteroatoms. The van der Waals surface area contributed by atoms with Crippen molar-refractivity contribution in [1.82, 2.24) is 4.57 Å². The van der Waals surface area contributed by atoms with E-state index in [4.69, 9.17) is 0 Å². The SMILES string of the molecule is CCc1ccc(CC)n1Cc1ccccc1. The number of aryl methyl sites for hydroxylation is 2. The van der Waals surface area contributed by atoms with E-state index in [0.717, 1.165) is 19.4 Å². The zero-order valence-corrected chi connectivity index (χ0v) is 10.1. The normalized spacial score (nSPS) is 10.6. The second-order valence-electron chi connectivity index (χ2n) is 4.09. The summed E-state index contributed by atoms with van der Waals surface area (Å²) in [4.78, 5) is 0. The van der Waals surface area contributed by atoms with Crippen LogP contribution in [-0.2, 0) is 19.4 Å². The summed E-state index contributed by atoms with van der Waals surface area (Å²) in [6, 6.07) is 15.2. The van der Waals surface area contributed by atoms with E-state index in [-0.39, 0.29) is 0 Å². The minimum Gasteiger partial charge on any atom is -0.344 e. The van der Waals surface area contributed by atoms with Gasteiger partial charge in [-0.1, -0.05) is 44.2 Å². The third kappa shape index (κ3) is 2.19. The molecule has 0 saturated carbocycles. The zero-order valence-electron chi connectivity index (χ0n) is 10.1. The molecule has 0 bridgehead atoms. The van der Waals surface area contributed by atoms with Gasteiger partial charge in [-0.15, -0.1) is 0 Å². The molecule has 0 spiro atoms. The largest absolute Gasteiger partial charge is 0.344 e. The molecule has 0 unspecified atom stereocenters. The molecule has 84 valence electrons. The lowest BCUT2D eigenvalue weighted by Crippen LogP contribution is -2.07. The van der Waals surface area contributed by atoms with Crippen LogP contribution in [0.25, 0.3) is 0 Å². The molecule has 1 nitrogen and oxygen atoms in total. The van der Waals surface area contributed by atoms with Gasteiger partial charge in [0.2, 0.25) is 0 Å². The van der Waals surface area contributed by atoms with Gasteiger partial charge in [0.25, 0.3) is 0 Å². The van der Waals surface area contributed by atoms with Gasteiger partial charge in [-0.3, -0.25) is 0 Å². The molecule has 0 aliphatic heterocycles. The maximum absolute atomic E-state index is 2.44. The fraction of sp³-hybridized carbons (Fsp3) is 0.333. The highest BCUT2D eigenvalue weighted by Crippen LogP contribution is 2.13. The summed E-state index contributed by atoms with van der Waals surface area (Å²) in [7, 11) is 0. The second kappa shape index (κ2) is 5.02. The molecule has 0 aliphatic rings. The van der Waals surface area contributed by atoms with Gasteiger partial charge in [0.05, 0.1) is 0 Å². The summed E-state index contributed by atoms with van der Waals surface area (Å²) in [5.41, 5.74) is 4.24. The van der Waals surface area contributed by atoms with E-state index in [0.29, 0.717) is 0 Å². The Hall–Kier alpha value is -1.50. The molecule has 16 heavy (non-hydrogen) atoms. The smallest absolute Gasteiger partial charge is 0.0475 e. The van der Waals surface area contributed by atoms with Crippen LogP contribution in [0.15, 0.2) is 42.5 Å². The van der Waals surface area contributed by atoms with Crippen molar-refractivity contribution in [2.75, 3.05) is 0 Å². The summed E-state index contributed by atoms with van der Waals surface area (Å²) < 4.78 is 2.44. The van der Waals surface area contributed by atoms with Crippen LogP contribution >= 0.6 is 0 Å². The van der Waals surface area contributed by atoms with E-state index >= 15 is 0 Å². The van der Waals surface area contributed by atoms with Gasteiger partial charge in [-0.2, -0.15) is 0 Å². The predicted octanol–water partition coefficient (Wildman–Crippen LogP) is 3.66. The van der Waals surface area contributed by atoms with Crippen LogP contribution in [0.3, 0.4) is 0 Å². The van der Waals surface area contributed by atoms with Crippen molar-refractivity contribution < 1.29 is 0 Å². The summed E-state index contributed by atoms with van der Waals surface area (Å²) >= 11 is 0. The summed E-state index contributed by atoms with van der Waals surface area (Å²) in [6.45, 7) is 5.44. The van der Waals surface area contributed by atoms with E-state index in [2.05, 4.69) is 60.9 Å². The first kappa shape index (κ1) is 11.0. The number of nitrogens with zero attached hydrogens (tertiary/aromatic N) is 1. The van der Waals surface area contributed by atoms with Gasteiger partial charge in [0, 0.05) is 17.9 Å². The molecule has 1 aromatic carbocycles. The van der Waals surface area contributed by atoms with Crippen LogP contribution in [0.1, 0.15) is 30.8 Å². The maximum atomic E-state index is 2.44. The first-order valence-electron chi connectivity index (χ1n) is 6.06. The van der Waals surface area contributed by atoms with Crippen LogP contribution in [0.2, 0.25) is 0 Å². The van der Waals surface area contributed by atoms with Crippen LogP contribution in [0.4, 0.5) is 0 Å². The van der Waals surface area contributed by atoms with Crippen molar-refractivity contribution in [1.29, 1.82) is 0 Å². The third-order valence-electron chi connectivity index (χ3n) is 3.07. The Morgan fingerprint density at radius 2 is 1.38 bits per heavy atom. The third-order valence-corrected chi connectivity index (χ3v) is 3.07. The van der Waals surface area contributed by atoms with Gasteiger partial charge in [-0.25, -0.2) is 0 Å². The van der Waals surface area contributed by atoms with E-state index in [9.17, 15) is 0 Å². The van der Waals surface area contributed by atoms with Crippen molar-refractivity contribution in [3.05, 3.63) is 59.4 Å². The zero-order chi connectivity index (χ0) is 11.4. The number of rotatable bonds is 4. The van der Waals surface area contributed by atoms with Crippen LogP contribution in [0, 0.1) is 0 Å². The second-order valence-corrected chi connectivity index (χ2v) is 4.09. The molecule has 2 aromatic rings. The summed E-state index contributed by atoms with van der Waals surface area (Å²) in [5, 5.41) is 0. The number of hydrogen-bond acceptors (Lipinski definition) is 0. The molecule has 0 saturated heterocycles. The van der Waals surface area contributed by atoms with Gasteiger partial charge in [-0.05, 0) is 30.5 Å². The quantitative estimate of drug-likeness (QED) is 0.730. The molecule has 1 heterocycles. The van der Waals surface area contributed by atoms with E-state index in [1.54, 1.807) is 0 Å². The first-order valence-corrected chi connectivity index (χ1v) is 6.06. The Labute approximate surface area is 97.7 Å². The first-order chi connectivity index (χ1) is 7.85. The average molecular weight is 213 g/mol. The molecular formula is C15H19N. The molecule has 0 radical (unpaired) electrons. The predicted molar refractivity (Wildman–Crippen MR) is 68.7 cm³/mol. The number of aromatic nitrogens is 1. The lowest BCUT2D eigenvalue weighted by atomic mass is 10.2. The Morgan fingerprint density at radius 1 is 0.812 bits per heavy atom. The lowest BCUT2D eigenvalue weighted by molar-refractivity contribution is 0.708. The fourth-order valence-electron chi connectivity index (χ4n) is 2.14. The highest BCUT2D eigenvalue weighted by Gasteiger charge is 2.05. The standard InChI is InChI=1S/C15H19N/c1-3-14-10-11-15(4-2)16(14)12-13-8-6-5-7-9-13/h5-11H,3-4,12H2,1-2H3. The number of hydrogen-bond donors (Lipinski definition) is 0. The van der Waals surface area contributed by atoms with E-state index in [1.165, 1.54) is 17.0 Å². The Balaban J connectivity index is 2.29. The Morgan fingerprint density at radius 3 is 1.88 bits per heavy atom. The topological polar surface area (TPSA) is 4.93 Å². The minimum atomic E-state index is 1.00. The van der Waals surface area contributed by atoms with Crippen molar-refractivity contribution in [3.8, 4) is 0 Å². The van der Waals surface area contributed by atoms with E-state index < -0.39 is 0 Å². The summed E-state index contributed by atoms with van der Waals surface area (Å²) in [5.74, 6) is 0. The highest BCUT2D eigenvalue weighted by molar-refractivity contribution is 5.21. The molecule has 0 amide bonds. The molecule has 0 N–H and O–H groups in total. The highest BCUT2D eigenvalue weighted by atomic mass is 15.0. The van der Waals surface area contributed by atoms with Crippen LogP contribution in [0.5, 0.6) is 0 Å². The Kier molecular flexibility index (Phi) is 3.45. The van der Waals surface area contributed by atoms with Crippen molar-refractivity contribution in [3.63, 3.8) is 0 Å².